The van der Waals surface area contributed by atoms with Gasteiger partial charge in [0.25, 0.3) is 5.91 Å². The largest absolute Gasteiger partial charge is 0.435 e. The van der Waals surface area contributed by atoms with Crippen LogP contribution < -0.4 is 10.1 Å². The highest BCUT2D eigenvalue weighted by atomic mass is 19.3. The van der Waals surface area contributed by atoms with E-state index in [1.165, 1.54) is 24.3 Å². The standard InChI is InChI=1S/C18H13F2NO2/c19-18(20)23-16-7-3-6-14(11-16)17(22)21-15-9-8-12-4-1-2-5-13(12)10-15/h1-11,18H,(H,21,22). The van der Waals surface area contributed by atoms with Gasteiger partial charge in [0.1, 0.15) is 5.75 Å². The summed E-state index contributed by atoms with van der Waals surface area (Å²) in [4.78, 5) is 12.2. The van der Waals surface area contributed by atoms with Crippen molar-refractivity contribution in [2.45, 2.75) is 6.61 Å². The Morgan fingerprint density at radius 2 is 1.70 bits per heavy atom. The molecule has 0 radical (unpaired) electrons. The van der Waals surface area contributed by atoms with Gasteiger partial charge in [0.2, 0.25) is 0 Å². The van der Waals surface area contributed by atoms with Crippen LogP contribution in [0.15, 0.2) is 66.7 Å². The SMILES string of the molecule is O=C(Nc1ccc2ccccc2c1)c1cccc(OC(F)F)c1. The summed E-state index contributed by atoms with van der Waals surface area (Å²) in [6.07, 6.45) is 0. The highest BCUT2D eigenvalue weighted by Gasteiger charge is 2.10. The third-order valence-corrected chi connectivity index (χ3v) is 3.33. The molecular formula is C18H13F2NO2. The topological polar surface area (TPSA) is 38.3 Å². The Morgan fingerprint density at radius 3 is 2.48 bits per heavy atom. The van der Waals surface area contributed by atoms with E-state index in [1.54, 1.807) is 6.07 Å². The van der Waals surface area contributed by atoms with Crippen LogP contribution in [0.4, 0.5) is 14.5 Å². The lowest BCUT2D eigenvalue weighted by atomic mass is 10.1. The van der Waals surface area contributed by atoms with Gasteiger partial charge < -0.3 is 10.1 Å². The zero-order valence-electron chi connectivity index (χ0n) is 12.0. The second kappa shape index (κ2) is 6.44. The normalized spacial score (nSPS) is 10.7. The number of benzene rings is 3. The summed E-state index contributed by atoms with van der Waals surface area (Å²) >= 11 is 0. The van der Waals surface area contributed by atoms with E-state index in [-0.39, 0.29) is 17.2 Å². The smallest absolute Gasteiger partial charge is 0.387 e. The van der Waals surface area contributed by atoms with E-state index in [0.29, 0.717) is 5.69 Å². The summed E-state index contributed by atoms with van der Waals surface area (Å²) in [5.74, 6) is -0.439. The van der Waals surface area contributed by atoms with Crippen LogP contribution in [0.25, 0.3) is 10.8 Å². The molecule has 1 N–H and O–H groups in total. The molecule has 3 aromatic rings. The molecule has 1 amide bonds. The maximum atomic E-state index is 12.2. The molecule has 0 saturated heterocycles. The average molecular weight is 313 g/mol. The number of carbonyl (C=O) groups excluding carboxylic acids is 1. The predicted octanol–water partition coefficient (Wildman–Crippen LogP) is 4.69. The van der Waals surface area contributed by atoms with Gasteiger partial charge in [-0.2, -0.15) is 8.78 Å². The number of rotatable bonds is 4. The highest BCUT2D eigenvalue weighted by Crippen LogP contribution is 2.21. The van der Waals surface area contributed by atoms with Crippen molar-refractivity contribution < 1.29 is 18.3 Å². The van der Waals surface area contributed by atoms with E-state index in [9.17, 15) is 13.6 Å². The van der Waals surface area contributed by atoms with Gasteiger partial charge in [-0.3, -0.25) is 4.79 Å². The molecule has 5 heteroatoms. The first kappa shape index (κ1) is 15.0. The van der Waals surface area contributed by atoms with Crippen molar-refractivity contribution in [2.75, 3.05) is 5.32 Å². The highest BCUT2D eigenvalue weighted by molar-refractivity contribution is 6.05. The van der Waals surface area contributed by atoms with Crippen LogP contribution in [0.1, 0.15) is 10.4 Å². The van der Waals surface area contributed by atoms with Crippen molar-refractivity contribution in [2.24, 2.45) is 0 Å². The Balaban J connectivity index is 1.80. The van der Waals surface area contributed by atoms with Crippen LogP contribution in [-0.2, 0) is 0 Å². The van der Waals surface area contributed by atoms with E-state index in [4.69, 9.17) is 0 Å². The lowest BCUT2D eigenvalue weighted by Gasteiger charge is -2.09. The molecule has 3 nitrogen and oxygen atoms in total. The molecule has 3 aromatic carbocycles. The third-order valence-electron chi connectivity index (χ3n) is 3.33. The Kier molecular flexibility index (Phi) is 4.19. The number of anilines is 1. The number of halogens is 2. The van der Waals surface area contributed by atoms with E-state index in [0.717, 1.165) is 10.8 Å². The number of hydrogen-bond donors (Lipinski definition) is 1. The fraction of sp³-hybridized carbons (Fsp3) is 0.0556. The van der Waals surface area contributed by atoms with Crippen LogP contribution in [-0.4, -0.2) is 12.5 Å². The number of hydrogen-bond acceptors (Lipinski definition) is 2. The van der Waals surface area contributed by atoms with Crippen molar-refractivity contribution in [1.29, 1.82) is 0 Å². The number of carbonyl (C=O) groups is 1. The number of amides is 1. The fourth-order valence-electron chi connectivity index (χ4n) is 2.28. The first-order chi connectivity index (χ1) is 11.1. The quantitative estimate of drug-likeness (QED) is 0.758. The molecule has 116 valence electrons. The van der Waals surface area contributed by atoms with E-state index in [1.807, 2.05) is 36.4 Å². The van der Waals surface area contributed by atoms with Crippen LogP contribution in [0, 0.1) is 0 Å². The summed E-state index contributed by atoms with van der Waals surface area (Å²) in [5, 5.41) is 4.82. The van der Waals surface area contributed by atoms with Gasteiger partial charge in [0.15, 0.2) is 0 Å². The lowest BCUT2D eigenvalue weighted by Crippen LogP contribution is -2.12. The zero-order valence-corrected chi connectivity index (χ0v) is 12.0. The molecule has 0 aliphatic carbocycles. The molecule has 0 aliphatic rings. The van der Waals surface area contributed by atoms with E-state index < -0.39 is 6.61 Å². The molecule has 0 heterocycles. The number of alkyl halides is 2. The van der Waals surface area contributed by atoms with Gasteiger partial charge in [-0.1, -0.05) is 36.4 Å². The van der Waals surface area contributed by atoms with E-state index in [2.05, 4.69) is 10.1 Å². The fourth-order valence-corrected chi connectivity index (χ4v) is 2.28. The second-order valence-electron chi connectivity index (χ2n) is 4.92. The molecule has 0 aromatic heterocycles. The third kappa shape index (κ3) is 3.63. The molecule has 0 saturated carbocycles. The number of ether oxygens (including phenoxy) is 1. The van der Waals surface area contributed by atoms with Crippen molar-refractivity contribution in [3.8, 4) is 5.75 Å². The Bertz CT molecular complexity index is 849. The van der Waals surface area contributed by atoms with Crippen LogP contribution in [0.5, 0.6) is 5.75 Å². The maximum Gasteiger partial charge on any atom is 0.387 e. The van der Waals surface area contributed by atoms with Gasteiger partial charge in [-0.15, -0.1) is 0 Å². The van der Waals surface area contributed by atoms with Gasteiger partial charge >= 0.3 is 6.61 Å². The summed E-state index contributed by atoms with van der Waals surface area (Å²) in [6, 6.07) is 19.0. The summed E-state index contributed by atoms with van der Waals surface area (Å²) in [7, 11) is 0. The molecule has 23 heavy (non-hydrogen) atoms. The van der Waals surface area contributed by atoms with Gasteiger partial charge in [0.05, 0.1) is 0 Å². The Hall–Kier alpha value is -2.95. The van der Waals surface area contributed by atoms with Crippen molar-refractivity contribution in [3.63, 3.8) is 0 Å². The van der Waals surface area contributed by atoms with Crippen molar-refractivity contribution >= 4 is 22.4 Å². The first-order valence-electron chi connectivity index (χ1n) is 6.97. The minimum Gasteiger partial charge on any atom is -0.435 e. The number of fused-ring (bicyclic) bond motifs is 1. The molecule has 0 aliphatic heterocycles. The minimum absolute atomic E-state index is 0.0499. The van der Waals surface area contributed by atoms with Crippen LogP contribution in [0.2, 0.25) is 0 Å². The first-order valence-corrected chi connectivity index (χ1v) is 6.97. The minimum atomic E-state index is -2.92. The van der Waals surface area contributed by atoms with Crippen LogP contribution >= 0.6 is 0 Å². The van der Waals surface area contributed by atoms with E-state index >= 15 is 0 Å². The lowest BCUT2D eigenvalue weighted by molar-refractivity contribution is -0.0498. The Morgan fingerprint density at radius 1 is 0.913 bits per heavy atom. The molecule has 0 atom stereocenters. The van der Waals surface area contributed by atoms with Crippen molar-refractivity contribution in [3.05, 3.63) is 72.3 Å². The summed E-state index contributed by atoms with van der Waals surface area (Å²) in [6.45, 7) is -2.92. The van der Waals surface area contributed by atoms with Gasteiger partial charge in [-0.25, -0.2) is 0 Å². The average Bonchev–Trinajstić information content (AvgIpc) is 2.54. The van der Waals surface area contributed by atoms with Crippen LogP contribution in [0.3, 0.4) is 0 Å². The molecule has 0 fully saturated rings. The molecule has 0 unspecified atom stereocenters. The zero-order chi connectivity index (χ0) is 16.2. The summed E-state index contributed by atoms with van der Waals surface area (Å²) < 4.78 is 28.8. The predicted molar refractivity (Wildman–Crippen MR) is 85.0 cm³/mol. The summed E-state index contributed by atoms with van der Waals surface area (Å²) in [5.41, 5.74) is 0.880. The molecule has 0 spiro atoms. The molecule has 0 bridgehead atoms. The van der Waals surface area contributed by atoms with Crippen molar-refractivity contribution in [1.82, 2.24) is 0 Å². The second-order valence-corrected chi connectivity index (χ2v) is 4.92. The van der Waals surface area contributed by atoms with Gasteiger partial charge in [-0.05, 0) is 41.1 Å². The molecular weight excluding hydrogens is 300 g/mol. The Labute approximate surface area is 131 Å². The van der Waals surface area contributed by atoms with Gasteiger partial charge in [0, 0.05) is 11.3 Å². The molecule has 3 rings (SSSR count). The maximum absolute atomic E-state index is 12.2. The monoisotopic (exact) mass is 313 g/mol. The number of nitrogens with one attached hydrogen (secondary N) is 1.